The molecule has 136 valence electrons. The van der Waals surface area contributed by atoms with Crippen LogP contribution < -0.4 is 24.8 Å². The lowest BCUT2D eigenvalue weighted by molar-refractivity contribution is 0.102. The second kappa shape index (κ2) is 7.25. The van der Waals surface area contributed by atoms with Gasteiger partial charge in [-0.1, -0.05) is 0 Å². The van der Waals surface area contributed by atoms with Crippen molar-refractivity contribution in [2.75, 3.05) is 24.5 Å². The molecule has 0 radical (unpaired) electrons. The molecule has 27 heavy (non-hydrogen) atoms. The Balaban J connectivity index is 1.47. The van der Waals surface area contributed by atoms with Crippen molar-refractivity contribution < 1.29 is 19.0 Å². The van der Waals surface area contributed by atoms with Gasteiger partial charge in [-0.25, -0.2) is 4.98 Å². The van der Waals surface area contributed by atoms with E-state index in [1.54, 1.807) is 43.6 Å². The summed E-state index contributed by atoms with van der Waals surface area (Å²) in [6.07, 6.45) is 1.58. The van der Waals surface area contributed by atoms with E-state index in [1.165, 1.54) is 0 Å². The van der Waals surface area contributed by atoms with Crippen LogP contribution in [0.2, 0.25) is 0 Å². The molecule has 1 aromatic heterocycles. The normalized spacial score (nSPS) is 11.7. The van der Waals surface area contributed by atoms with Crippen LogP contribution in [-0.2, 0) is 0 Å². The number of benzene rings is 2. The van der Waals surface area contributed by atoms with E-state index in [0.717, 1.165) is 11.4 Å². The monoisotopic (exact) mass is 363 g/mol. The molecule has 0 fully saturated rings. The van der Waals surface area contributed by atoms with Crippen LogP contribution in [0, 0.1) is 0 Å². The molecule has 0 spiro atoms. The van der Waals surface area contributed by atoms with Gasteiger partial charge in [-0.15, -0.1) is 0 Å². The molecular weight excluding hydrogens is 346 g/mol. The number of rotatable bonds is 5. The third kappa shape index (κ3) is 3.77. The zero-order chi connectivity index (χ0) is 18.6. The fraction of sp³-hybridized carbons (Fsp3) is 0.100. The number of aromatic nitrogens is 1. The van der Waals surface area contributed by atoms with E-state index in [2.05, 4.69) is 15.6 Å². The van der Waals surface area contributed by atoms with Crippen LogP contribution in [-0.4, -0.2) is 24.8 Å². The molecule has 2 aromatic carbocycles. The summed E-state index contributed by atoms with van der Waals surface area (Å²) in [6, 6.07) is 16.0. The molecule has 0 saturated heterocycles. The molecule has 2 N–H and O–H groups in total. The van der Waals surface area contributed by atoms with Gasteiger partial charge >= 0.3 is 0 Å². The molecule has 1 aliphatic rings. The van der Waals surface area contributed by atoms with Gasteiger partial charge in [0.15, 0.2) is 11.5 Å². The molecule has 7 nitrogen and oxygen atoms in total. The fourth-order valence-corrected chi connectivity index (χ4v) is 2.64. The lowest BCUT2D eigenvalue weighted by Crippen LogP contribution is -2.12. The summed E-state index contributed by atoms with van der Waals surface area (Å²) in [5.74, 6) is 2.38. The molecule has 2 heterocycles. The van der Waals surface area contributed by atoms with Gasteiger partial charge in [-0.3, -0.25) is 4.79 Å². The van der Waals surface area contributed by atoms with E-state index >= 15 is 0 Å². The van der Waals surface area contributed by atoms with Crippen molar-refractivity contribution in [1.82, 2.24) is 4.98 Å². The minimum Gasteiger partial charge on any atom is -0.497 e. The number of carbonyl (C=O) groups excluding carboxylic acids is 1. The largest absolute Gasteiger partial charge is 0.497 e. The predicted octanol–water partition coefficient (Wildman–Crippen LogP) is 3.81. The number of anilines is 3. The Labute approximate surface area is 155 Å². The van der Waals surface area contributed by atoms with Crippen molar-refractivity contribution in [2.45, 2.75) is 0 Å². The third-order valence-corrected chi connectivity index (χ3v) is 4.01. The molecule has 0 bridgehead atoms. The molecule has 0 atom stereocenters. The van der Waals surface area contributed by atoms with Crippen molar-refractivity contribution in [3.8, 4) is 17.2 Å². The molecular formula is C20H17N3O4. The Morgan fingerprint density at radius 3 is 2.59 bits per heavy atom. The van der Waals surface area contributed by atoms with Crippen LogP contribution in [0.25, 0.3) is 0 Å². The van der Waals surface area contributed by atoms with Crippen molar-refractivity contribution in [3.63, 3.8) is 0 Å². The van der Waals surface area contributed by atoms with Gasteiger partial charge < -0.3 is 24.8 Å². The zero-order valence-electron chi connectivity index (χ0n) is 14.6. The lowest BCUT2D eigenvalue weighted by Gasteiger charge is -2.09. The first-order chi connectivity index (χ1) is 13.2. The van der Waals surface area contributed by atoms with Crippen LogP contribution in [0.4, 0.5) is 17.2 Å². The first-order valence-corrected chi connectivity index (χ1v) is 8.29. The standard InChI is InChI=1S/C20H17N3O4/c1-25-16-5-2-14(3-6-16)22-19-10-13(8-9-21-19)20(24)23-15-4-7-17-18(11-15)27-12-26-17/h2-11H,12H2,1H3,(H,21,22)(H,23,24). The molecule has 1 aliphatic heterocycles. The van der Waals surface area contributed by atoms with E-state index in [0.29, 0.717) is 28.6 Å². The SMILES string of the molecule is COc1ccc(Nc2cc(C(=O)Nc3ccc4c(c3)OCO4)ccn2)cc1. The highest BCUT2D eigenvalue weighted by Crippen LogP contribution is 2.34. The topological polar surface area (TPSA) is 81.7 Å². The Morgan fingerprint density at radius 2 is 1.78 bits per heavy atom. The molecule has 7 heteroatoms. The highest BCUT2D eigenvalue weighted by Gasteiger charge is 2.15. The van der Waals surface area contributed by atoms with Crippen LogP contribution in [0.5, 0.6) is 17.2 Å². The number of carbonyl (C=O) groups is 1. The van der Waals surface area contributed by atoms with Crippen molar-refractivity contribution in [1.29, 1.82) is 0 Å². The average molecular weight is 363 g/mol. The molecule has 4 rings (SSSR count). The van der Waals surface area contributed by atoms with Crippen LogP contribution >= 0.6 is 0 Å². The fourth-order valence-electron chi connectivity index (χ4n) is 2.64. The third-order valence-electron chi connectivity index (χ3n) is 4.01. The number of nitrogens with one attached hydrogen (secondary N) is 2. The Kier molecular flexibility index (Phi) is 4.49. The van der Waals surface area contributed by atoms with Gasteiger partial charge in [0.25, 0.3) is 5.91 Å². The summed E-state index contributed by atoms with van der Waals surface area (Å²) in [5.41, 5.74) is 1.96. The summed E-state index contributed by atoms with van der Waals surface area (Å²) in [7, 11) is 1.62. The maximum absolute atomic E-state index is 12.5. The van der Waals surface area contributed by atoms with Gasteiger partial charge in [0.1, 0.15) is 11.6 Å². The van der Waals surface area contributed by atoms with E-state index in [-0.39, 0.29) is 12.7 Å². The number of ether oxygens (including phenoxy) is 3. The summed E-state index contributed by atoms with van der Waals surface area (Å²) in [6.45, 7) is 0.192. The van der Waals surface area contributed by atoms with Gasteiger partial charge in [0, 0.05) is 29.2 Å². The molecule has 0 aliphatic carbocycles. The Morgan fingerprint density at radius 1 is 1.00 bits per heavy atom. The molecule has 3 aromatic rings. The maximum atomic E-state index is 12.5. The molecule has 1 amide bonds. The van der Waals surface area contributed by atoms with E-state index in [1.807, 2.05) is 24.3 Å². The summed E-state index contributed by atoms with van der Waals surface area (Å²) in [4.78, 5) is 16.8. The Bertz CT molecular complexity index is 973. The van der Waals surface area contributed by atoms with Crippen LogP contribution in [0.3, 0.4) is 0 Å². The number of hydrogen-bond donors (Lipinski definition) is 2. The number of methoxy groups -OCH3 is 1. The number of fused-ring (bicyclic) bond motifs is 1. The number of nitrogens with zero attached hydrogens (tertiary/aromatic N) is 1. The second-order valence-electron chi connectivity index (χ2n) is 5.81. The quantitative estimate of drug-likeness (QED) is 0.717. The van der Waals surface area contributed by atoms with Crippen LogP contribution in [0.15, 0.2) is 60.8 Å². The smallest absolute Gasteiger partial charge is 0.255 e. The lowest BCUT2D eigenvalue weighted by atomic mass is 10.2. The van der Waals surface area contributed by atoms with E-state index < -0.39 is 0 Å². The van der Waals surface area contributed by atoms with Crippen molar-refractivity contribution in [3.05, 3.63) is 66.4 Å². The minimum atomic E-state index is -0.242. The highest BCUT2D eigenvalue weighted by atomic mass is 16.7. The van der Waals surface area contributed by atoms with E-state index in [4.69, 9.17) is 14.2 Å². The van der Waals surface area contributed by atoms with Crippen molar-refractivity contribution >= 4 is 23.1 Å². The number of hydrogen-bond acceptors (Lipinski definition) is 6. The average Bonchev–Trinajstić information content (AvgIpc) is 3.16. The first kappa shape index (κ1) is 16.7. The summed E-state index contributed by atoms with van der Waals surface area (Å²) < 4.78 is 15.7. The van der Waals surface area contributed by atoms with Gasteiger partial charge in [0.05, 0.1) is 7.11 Å². The zero-order valence-corrected chi connectivity index (χ0v) is 14.6. The van der Waals surface area contributed by atoms with E-state index in [9.17, 15) is 4.79 Å². The first-order valence-electron chi connectivity index (χ1n) is 8.29. The predicted molar refractivity (Wildman–Crippen MR) is 101 cm³/mol. The van der Waals surface area contributed by atoms with Crippen molar-refractivity contribution in [2.24, 2.45) is 0 Å². The summed E-state index contributed by atoms with van der Waals surface area (Å²) >= 11 is 0. The Hall–Kier alpha value is -3.74. The second-order valence-corrected chi connectivity index (χ2v) is 5.81. The van der Waals surface area contributed by atoms with Crippen LogP contribution in [0.1, 0.15) is 10.4 Å². The minimum absolute atomic E-state index is 0.192. The van der Waals surface area contributed by atoms with Gasteiger partial charge in [0.2, 0.25) is 6.79 Å². The van der Waals surface area contributed by atoms with Gasteiger partial charge in [-0.05, 0) is 48.5 Å². The summed E-state index contributed by atoms with van der Waals surface area (Å²) in [5, 5.41) is 6.01. The molecule has 0 saturated carbocycles. The number of pyridine rings is 1. The van der Waals surface area contributed by atoms with Gasteiger partial charge in [-0.2, -0.15) is 0 Å². The highest BCUT2D eigenvalue weighted by molar-refractivity contribution is 6.04. The number of amides is 1. The maximum Gasteiger partial charge on any atom is 0.255 e. The molecule has 0 unspecified atom stereocenters.